The average Bonchev–Trinajstić information content (AvgIpc) is 3.10. The van der Waals surface area contributed by atoms with Gasteiger partial charge in [0.2, 0.25) is 5.91 Å². The first kappa shape index (κ1) is 18.4. The lowest BCUT2D eigenvalue weighted by Gasteiger charge is -2.44. The summed E-state index contributed by atoms with van der Waals surface area (Å²) in [5.41, 5.74) is 1.15. The fourth-order valence-corrected chi connectivity index (χ4v) is 5.24. The first-order valence-corrected chi connectivity index (χ1v) is 10.8. The number of piperidine rings is 1. The van der Waals surface area contributed by atoms with Crippen molar-refractivity contribution in [3.05, 3.63) is 30.5 Å². The van der Waals surface area contributed by atoms with Crippen LogP contribution in [0.4, 0.5) is 0 Å². The molecular formula is C21H30N2OS. The Labute approximate surface area is 155 Å². The van der Waals surface area contributed by atoms with E-state index < -0.39 is 0 Å². The van der Waals surface area contributed by atoms with Crippen LogP contribution in [0.5, 0.6) is 0 Å². The number of likely N-dealkylation sites (tertiary alicyclic amines) is 1. The summed E-state index contributed by atoms with van der Waals surface area (Å²) in [7, 11) is 0. The van der Waals surface area contributed by atoms with Crippen LogP contribution in [0.15, 0.2) is 35.4 Å². The van der Waals surface area contributed by atoms with E-state index in [1.165, 1.54) is 48.8 Å². The molecule has 1 saturated carbocycles. The minimum absolute atomic E-state index is 0.330. The quantitative estimate of drug-likeness (QED) is 0.739. The van der Waals surface area contributed by atoms with Crippen molar-refractivity contribution in [1.29, 1.82) is 0 Å². The Morgan fingerprint density at radius 2 is 1.92 bits per heavy atom. The van der Waals surface area contributed by atoms with E-state index in [0.717, 1.165) is 18.0 Å². The van der Waals surface area contributed by atoms with Crippen LogP contribution in [0.2, 0.25) is 0 Å². The predicted octanol–water partition coefficient (Wildman–Crippen LogP) is 5.47. The van der Waals surface area contributed by atoms with Crippen LogP contribution in [0, 0.1) is 5.92 Å². The zero-order valence-electron chi connectivity index (χ0n) is 15.5. The van der Waals surface area contributed by atoms with E-state index in [4.69, 9.17) is 0 Å². The fourth-order valence-electron chi connectivity index (χ4n) is 4.32. The van der Waals surface area contributed by atoms with Gasteiger partial charge in [-0.3, -0.25) is 4.79 Å². The number of nitrogens with zero attached hydrogens (tertiary/aromatic N) is 1. The monoisotopic (exact) mass is 358 g/mol. The SMILES string of the molecule is CC.O=C(CSc1c[nH]c2ccccc12)N1CCCC2CCCCC21. The summed E-state index contributed by atoms with van der Waals surface area (Å²) in [6, 6.07) is 8.82. The van der Waals surface area contributed by atoms with Crippen LogP contribution in [-0.4, -0.2) is 34.1 Å². The Hall–Kier alpha value is -1.42. The van der Waals surface area contributed by atoms with Crippen molar-refractivity contribution in [3.8, 4) is 0 Å². The van der Waals surface area contributed by atoms with Gasteiger partial charge >= 0.3 is 0 Å². The van der Waals surface area contributed by atoms with Gasteiger partial charge in [0.25, 0.3) is 0 Å². The minimum atomic E-state index is 0.330. The second kappa shape index (κ2) is 8.79. The third-order valence-electron chi connectivity index (χ3n) is 5.47. The van der Waals surface area contributed by atoms with Crippen molar-refractivity contribution in [2.75, 3.05) is 12.3 Å². The maximum atomic E-state index is 12.8. The minimum Gasteiger partial charge on any atom is -0.360 e. The number of thioether (sulfide) groups is 1. The Morgan fingerprint density at radius 3 is 2.80 bits per heavy atom. The van der Waals surface area contributed by atoms with E-state index >= 15 is 0 Å². The van der Waals surface area contributed by atoms with Gasteiger partial charge in [-0.15, -0.1) is 11.8 Å². The number of rotatable bonds is 3. The lowest BCUT2D eigenvalue weighted by molar-refractivity contribution is -0.134. The van der Waals surface area contributed by atoms with Crippen LogP contribution >= 0.6 is 11.8 Å². The maximum Gasteiger partial charge on any atom is 0.233 e. The van der Waals surface area contributed by atoms with E-state index in [-0.39, 0.29) is 0 Å². The largest absolute Gasteiger partial charge is 0.360 e. The van der Waals surface area contributed by atoms with Crippen molar-refractivity contribution in [2.24, 2.45) is 5.92 Å². The van der Waals surface area contributed by atoms with Gasteiger partial charge in [0.05, 0.1) is 5.75 Å². The Bertz CT molecular complexity index is 694. The number of carbonyl (C=O) groups is 1. The molecule has 4 heteroatoms. The molecule has 1 aromatic carbocycles. The maximum absolute atomic E-state index is 12.8. The third kappa shape index (κ3) is 4.05. The highest BCUT2D eigenvalue weighted by molar-refractivity contribution is 8.00. The topological polar surface area (TPSA) is 36.1 Å². The molecule has 0 spiro atoms. The summed E-state index contributed by atoms with van der Waals surface area (Å²) in [5, 5.41) is 1.22. The van der Waals surface area contributed by atoms with E-state index in [2.05, 4.69) is 28.1 Å². The fraction of sp³-hybridized carbons (Fsp3) is 0.571. The number of hydrogen-bond acceptors (Lipinski definition) is 2. The van der Waals surface area contributed by atoms with Crippen molar-refractivity contribution in [3.63, 3.8) is 0 Å². The van der Waals surface area contributed by atoms with Crippen LogP contribution in [0.3, 0.4) is 0 Å². The molecule has 1 aliphatic heterocycles. The van der Waals surface area contributed by atoms with Gasteiger partial charge in [0.1, 0.15) is 0 Å². The summed E-state index contributed by atoms with van der Waals surface area (Å²) in [6.07, 6.45) is 9.73. The molecule has 2 aromatic rings. The highest BCUT2D eigenvalue weighted by Crippen LogP contribution is 2.36. The highest BCUT2D eigenvalue weighted by Gasteiger charge is 2.35. The number of fused-ring (bicyclic) bond motifs is 2. The Balaban J connectivity index is 0.000000880. The summed E-state index contributed by atoms with van der Waals surface area (Å²) >= 11 is 1.68. The molecule has 136 valence electrons. The summed E-state index contributed by atoms with van der Waals surface area (Å²) < 4.78 is 0. The number of nitrogens with one attached hydrogen (secondary N) is 1. The van der Waals surface area contributed by atoms with E-state index in [0.29, 0.717) is 17.7 Å². The Kier molecular flexibility index (Phi) is 6.46. The molecule has 2 fully saturated rings. The number of aromatic amines is 1. The normalized spacial score (nSPS) is 22.9. The molecule has 3 nitrogen and oxygen atoms in total. The summed E-state index contributed by atoms with van der Waals surface area (Å²) in [5.74, 6) is 1.65. The molecule has 4 rings (SSSR count). The lowest BCUT2D eigenvalue weighted by Crippen LogP contribution is -2.50. The molecule has 25 heavy (non-hydrogen) atoms. The number of amides is 1. The molecule has 0 bridgehead atoms. The standard InChI is InChI=1S/C19H24N2OS.C2H6/c22-19(21-11-5-7-14-6-1-4-10-17(14)21)13-23-18-12-20-16-9-3-2-8-15(16)18;1-2/h2-3,8-9,12,14,17,20H,1,4-7,10-11,13H2;1-2H3. The first-order chi connectivity index (χ1) is 12.3. The molecule has 1 aliphatic carbocycles. The number of para-hydroxylation sites is 1. The van der Waals surface area contributed by atoms with Crippen molar-refractivity contribution in [1.82, 2.24) is 9.88 Å². The smallest absolute Gasteiger partial charge is 0.233 e. The molecule has 2 atom stereocenters. The van der Waals surface area contributed by atoms with Gasteiger partial charge in [-0.05, 0) is 37.7 Å². The molecule has 1 saturated heterocycles. The second-order valence-electron chi connectivity index (χ2n) is 6.83. The molecular weight excluding hydrogens is 328 g/mol. The highest BCUT2D eigenvalue weighted by atomic mass is 32.2. The van der Waals surface area contributed by atoms with Gasteiger partial charge in [-0.25, -0.2) is 0 Å². The lowest BCUT2D eigenvalue weighted by atomic mass is 9.78. The number of hydrogen-bond donors (Lipinski definition) is 1. The second-order valence-corrected chi connectivity index (χ2v) is 7.85. The molecule has 2 unspecified atom stereocenters. The van der Waals surface area contributed by atoms with Crippen LogP contribution < -0.4 is 0 Å². The molecule has 1 N–H and O–H groups in total. The summed E-state index contributed by atoms with van der Waals surface area (Å²) in [4.78, 5) is 19.5. The third-order valence-corrected chi connectivity index (χ3v) is 6.51. The zero-order chi connectivity index (χ0) is 17.6. The first-order valence-electron chi connectivity index (χ1n) is 9.81. The van der Waals surface area contributed by atoms with Crippen LogP contribution in [0.1, 0.15) is 52.4 Å². The number of benzene rings is 1. The van der Waals surface area contributed by atoms with Gasteiger partial charge in [-0.1, -0.05) is 44.9 Å². The van der Waals surface area contributed by atoms with Gasteiger partial charge < -0.3 is 9.88 Å². The zero-order valence-corrected chi connectivity index (χ0v) is 16.3. The Morgan fingerprint density at radius 1 is 1.16 bits per heavy atom. The van der Waals surface area contributed by atoms with E-state index in [1.54, 1.807) is 11.8 Å². The molecule has 0 radical (unpaired) electrons. The number of carbonyl (C=O) groups excluding carboxylic acids is 1. The predicted molar refractivity (Wildman–Crippen MR) is 107 cm³/mol. The van der Waals surface area contributed by atoms with Gasteiger partial charge in [-0.2, -0.15) is 0 Å². The summed E-state index contributed by atoms with van der Waals surface area (Å²) in [6.45, 7) is 4.97. The van der Waals surface area contributed by atoms with Crippen LogP contribution in [0.25, 0.3) is 10.9 Å². The molecule has 1 amide bonds. The van der Waals surface area contributed by atoms with E-state index in [9.17, 15) is 4.79 Å². The molecule has 2 aliphatic rings. The van der Waals surface area contributed by atoms with Crippen molar-refractivity contribution >= 4 is 28.6 Å². The van der Waals surface area contributed by atoms with Gasteiger partial charge in [0.15, 0.2) is 0 Å². The number of aromatic nitrogens is 1. The van der Waals surface area contributed by atoms with Crippen molar-refractivity contribution < 1.29 is 4.79 Å². The molecule has 2 heterocycles. The van der Waals surface area contributed by atoms with E-state index in [1.807, 2.05) is 26.1 Å². The molecule has 1 aromatic heterocycles. The average molecular weight is 359 g/mol. The van der Waals surface area contributed by atoms with Crippen LogP contribution in [-0.2, 0) is 4.79 Å². The van der Waals surface area contributed by atoms with Gasteiger partial charge in [0, 0.05) is 34.6 Å². The van der Waals surface area contributed by atoms with Crippen molar-refractivity contribution in [2.45, 2.75) is 63.3 Å². The number of H-pyrrole nitrogens is 1.